The second-order valence-electron chi connectivity index (χ2n) is 5.37. The molecule has 0 aliphatic heterocycles. The lowest BCUT2D eigenvalue weighted by Gasteiger charge is -2.14. The molecule has 0 saturated carbocycles. The number of aryl methyl sites for hydroxylation is 1. The molecule has 0 radical (unpaired) electrons. The van der Waals surface area contributed by atoms with Crippen LogP contribution in [0.5, 0.6) is 0 Å². The van der Waals surface area contributed by atoms with Gasteiger partial charge >= 0.3 is 0 Å². The topological polar surface area (TPSA) is 53.9 Å². The van der Waals surface area contributed by atoms with Crippen LogP contribution in [-0.4, -0.2) is 39.0 Å². The van der Waals surface area contributed by atoms with Gasteiger partial charge in [0.1, 0.15) is 0 Å². The molecule has 1 N–H and O–H groups in total. The van der Waals surface area contributed by atoms with Gasteiger partial charge in [-0.2, -0.15) is 5.10 Å². The van der Waals surface area contributed by atoms with Crippen molar-refractivity contribution in [2.24, 2.45) is 7.05 Å². The van der Waals surface area contributed by atoms with Gasteiger partial charge in [-0.25, -0.2) is 0 Å². The molecule has 0 spiro atoms. The molecule has 0 fully saturated rings. The molecule has 0 amide bonds. The summed E-state index contributed by atoms with van der Waals surface area (Å²) in [7, 11) is 3.83. The Morgan fingerprint density at radius 3 is 2.95 bits per heavy atom. The molecule has 0 saturated heterocycles. The molecule has 108 valence electrons. The van der Waals surface area contributed by atoms with Crippen molar-refractivity contribution in [3.05, 3.63) is 54.0 Å². The maximum atomic E-state index is 12.4. The first-order valence-electron chi connectivity index (χ1n) is 6.89. The van der Waals surface area contributed by atoms with E-state index in [2.05, 4.69) is 10.1 Å². The summed E-state index contributed by atoms with van der Waals surface area (Å²) in [6, 6.07) is 7.86. The first-order chi connectivity index (χ1) is 10.1. The first-order valence-corrected chi connectivity index (χ1v) is 6.89. The number of carbonyl (C=O) groups is 1. The van der Waals surface area contributed by atoms with Gasteiger partial charge in [-0.05, 0) is 13.1 Å². The number of H-pyrrole nitrogens is 1. The fourth-order valence-corrected chi connectivity index (χ4v) is 2.55. The molecule has 2 aromatic heterocycles. The number of likely N-dealkylation sites (N-methyl/N-ethyl adjacent to an activating group) is 1. The van der Waals surface area contributed by atoms with Crippen LogP contribution >= 0.6 is 0 Å². The predicted octanol–water partition coefficient (Wildman–Crippen LogP) is 2.22. The van der Waals surface area contributed by atoms with Gasteiger partial charge in [-0.1, -0.05) is 18.2 Å². The van der Waals surface area contributed by atoms with Gasteiger partial charge in [-0.3, -0.25) is 14.4 Å². The Balaban J connectivity index is 1.71. The summed E-state index contributed by atoms with van der Waals surface area (Å²) in [4.78, 5) is 17.6. The summed E-state index contributed by atoms with van der Waals surface area (Å²) < 4.78 is 1.77. The zero-order valence-electron chi connectivity index (χ0n) is 12.2. The van der Waals surface area contributed by atoms with Crippen molar-refractivity contribution < 1.29 is 4.79 Å². The summed E-state index contributed by atoms with van der Waals surface area (Å²) >= 11 is 0. The SMILES string of the molecule is CN(CC(=O)c1c[nH]c2ccccc12)Cc1cnn(C)c1. The average molecular weight is 282 g/mol. The standard InChI is InChI=1S/C16H18N4O/c1-19(9-12-7-18-20(2)10-12)11-16(21)14-8-17-15-6-4-3-5-13(14)15/h3-8,10,17H,9,11H2,1-2H3. The number of para-hydroxylation sites is 1. The van der Waals surface area contributed by atoms with Gasteiger partial charge in [0, 0.05) is 48.0 Å². The molecule has 0 atom stereocenters. The molecule has 0 unspecified atom stereocenters. The van der Waals surface area contributed by atoms with E-state index in [0.717, 1.165) is 22.0 Å². The summed E-state index contributed by atoms with van der Waals surface area (Å²) in [6.45, 7) is 1.10. The molecule has 21 heavy (non-hydrogen) atoms. The molecule has 3 rings (SSSR count). The van der Waals surface area contributed by atoms with Crippen molar-refractivity contribution in [1.29, 1.82) is 0 Å². The lowest BCUT2D eigenvalue weighted by atomic mass is 10.1. The predicted molar refractivity (Wildman–Crippen MR) is 82.2 cm³/mol. The van der Waals surface area contributed by atoms with Crippen LogP contribution < -0.4 is 0 Å². The Morgan fingerprint density at radius 2 is 2.19 bits per heavy atom. The maximum absolute atomic E-state index is 12.4. The molecule has 1 aromatic carbocycles. The number of rotatable bonds is 5. The van der Waals surface area contributed by atoms with E-state index in [1.807, 2.05) is 55.7 Å². The number of nitrogens with one attached hydrogen (secondary N) is 1. The molecule has 0 bridgehead atoms. The summed E-state index contributed by atoms with van der Waals surface area (Å²) in [5.41, 5.74) is 2.85. The smallest absolute Gasteiger partial charge is 0.178 e. The van der Waals surface area contributed by atoms with Crippen LogP contribution in [0.15, 0.2) is 42.9 Å². The summed E-state index contributed by atoms with van der Waals surface area (Å²) in [5, 5.41) is 5.12. The Labute approximate surface area is 123 Å². The number of ketones is 1. The van der Waals surface area contributed by atoms with E-state index in [0.29, 0.717) is 13.1 Å². The van der Waals surface area contributed by atoms with Gasteiger partial charge in [0.25, 0.3) is 0 Å². The van der Waals surface area contributed by atoms with Crippen LogP contribution in [0, 0.1) is 0 Å². The van der Waals surface area contributed by atoms with Crippen LogP contribution in [-0.2, 0) is 13.6 Å². The van der Waals surface area contributed by atoms with E-state index >= 15 is 0 Å². The van der Waals surface area contributed by atoms with E-state index in [1.165, 1.54) is 0 Å². The van der Waals surface area contributed by atoms with Crippen molar-refractivity contribution in [2.45, 2.75) is 6.54 Å². The fourth-order valence-electron chi connectivity index (χ4n) is 2.55. The summed E-state index contributed by atoms with van der Waals surface area (Å²) in [6.07, 6.45) is 5.59. The lowest BCUT2D eigenvalue weighted by molar-refractivity contribution is 0.0944. The van der Waals surface area contributed by atoms with Crippen molar-refractivity contribution in [3.8, 4) is 0 Å². The van der Waals surface area contributed by atoms with Gasteiger partial charge in [0.15, 0.2) is 5.78 Å². The Bertz CT molecular complexity index is 771. The van der Waals surface area contributed by atoms with E-state index in [-0.39, 0.29) is 5.78 Å². The Morgan fingerprint density at radius 1 is 1.38 bits per heavy atom. The van der Waals surface area contributed by atoms with E-state index in [9.17, 15) is 4.79 Å². The van der Waals surface area contributed by atoms with Gasteiger partial charge in [-0.15, -0.1) is 0 Å². The maximum Gasteiger partial charge on any atom is 0.178 e. The molecule has 5 nitrogen and oxygen atoms in total. The number of nitrogens with zero attached hydrogens (tertiary/aromatic N) is 3. The minimum Gasteiger partial charge on any atom is -0.360 e. The minimum absolute atomic E-state index is 0.124. The van der Waals surface area contributed by atoms with E-state index < -0.39 is 0 Å². The van der Waals surface area contributed by atoms with Gasteiger partial charge in [0.05, 0.1) is 12.7 Å². The fraction of sp³-hybridized carbons (Fsp3) is 0.250. The third kappa shape index (κ3) is 2.87. The highest BCUT2D eigenvalue weighted by atomic mass is 16.1. The zero-order valence-corrected chi connectivity index (χ0v) is 12.2. The van der Waals surface area contributed by atoms with Crippen LogP contribution in [0.25, 0.3) is 10.9 Å². The second kappa shape index (κ2) is 5.54. The quantitative estimate of drug-likeness (QED) is 0.730. The number of carbonyl (C=O) groups excluding carboxylic acids is 1. The number of aromatic amines is 1. The largest absolute Gasteiger partial charge is 0.360 e. The first kappa shape index (κ1) is 13.6. The van der Waals surface area contributed by atoms with Crippen LogP contribution in [0.2, 0.25) is 0 Å². The van der Waals surface area contributed by atoms with Crippen LogP contribution in [0.1, 0.15) is 15.9 Å². The minimum atomic E-state index is 0.124. The highest BCUT2D eigenvalue weighted by Crippen LogP contribution is 2.18. The zero-order chi connectivity index (χ0) is 14.8. The van der Waals surface area contributed by atoms with Crippen LogP contribution in [0.3, 0.4) is 0 Å². The number of aromatic nitrogens is 3. The van der Waals surface area contributed by atoms with Crippen molar-refractivity contribution in [1.82, 2.24) is 19.7 Å². The second-order valence-corrected chi connectivity index (χ2v) is 5.37. The number of benzene rings is 1. The molecular formula is C16H18N4O. The summed E-state index contributed by atoms with van der Waals surface area (Å²) in [5.74, 6) is 0.124. The Hall–Kier alpha value is -2.40. The number of fused-ring (bicyclic) bond motifs is 1. The third-order valence-corrected chi connectivity index (χ3v) is 3.51. The van der Waals surface area contributed by atoms with Gasteiger partial charge < -0.3 is 4.98 Å². The normalized spacial score (nSPS) is 11.4. The number of hydrogen-bond donors (Lipinski definition) is 1. The van der Waals surface area contributed by atoms with Crippen molar-refractivity contribution in [3.63, 3.8) is 0 Å². The molecule has 2 heterocycles. The monoisotopic (exact) mass is 282 g/mol. The van der Waals surface area contributed by atoms with E-state index in [1.54, 1.807) is 10.9 Å². The third-order valence-electron chi connectivity index (χ3n) is 3.51. The molecule has 0 aliphatic carbocycles. The van der Waals surface area contributed by atoms with Crippen molar-refractivity contribution in [2.75, 3.05) is 13.6 Å². The molecular weight excluding hydrogens is 264 g/mol. The highest BCUT2D eigenvalue weighted by Gasteiger charge is 2.14. The molecule has 3 aromatic rings. The Kier molecular flexibility index (Phi) is 3.58. The average Bonchev–Trinajstić information content (AvgIpc) is 3.04. The van der Waals surface area contributed by atoms with Gasteiger partial charge in [0.2, 0.25) is 0 Å². The van der Waals surface area contributed by atoms with Crippen molar-refractivity contribution >= 4 is 16.7 Å². The molecule has 0 aliphatic rings. The van der Waals surface area contributed by atoms with Crippen LogP contribution in [0.4, 0.5) is 0 Å². The molecule has 5 heteroatoms. The number of Topliss-reactive ketones (excluding diaryl/α,β-unsaturated/α-hetero) is 1. The van der Waals surface area contributed by atoms with E-state index in [4.69, 9.17) is 0 Å². The number of hydrogen-bond acceptors (Lipinski definition) is 3. The lowest BCUT2D eigenvalue weighted by Crippen LogP contribution is -2.25. The highest BCUT2D eigenvalue weighted by molar-refractivity contribution is 6.08.